The Bertz CT molecular complexity index is 718. The second-order valence-corrected chi connectivity index (χ2v) is 5.43. The van der Waals surface area contributed by atoms with Gasteiger partial charge in [-0.15, -0.1) is 0 Å². The maximum absolute atomic E-state index is 12.3. The van der Waals surface area contributed by atoms with Crippen LogP contribution in [0.2, 0.25) is 5.02 Å². The molecule has 1 atom stereocenters. The van der Waals surface area contributed by atoms with Crippen LogP contribution in [0, 0.1) is 6.92 Å². The lowest BCUT2D eigenvalue weighted by molar-refractivity contribution is -0.123. The Kier molecular flexibility index (Phi) is 4.42. The number of rotatable bonds is 4. The van der Waals surface area contributed by atoms with Crippen LogP contribution in [-0.4, -0.2) is 21.8 Å². The molecule has 7 heteroatoms. The first-order chi connectivity index (χ1) is 10.3. The van der Waals surface area contributed by atoms with Crippen LogP contribution >= 0.6 is 11.6 Å². The molecule has 1 aromatic carbocycles. The van der Waals surface area contributed by atoms with Gasteiger partial charge in [-0.25, -0.2) is 4.98 Å². The minimum atomic E-state index is -1.41. The molecule has 0 bridgehead atoms. The zero-order valence-electron chi connectivity index (χ0n) is 12.1. The molecule has 0 saturated heterocycles. The SMILES string of the molecule is Cc1cnc(C(=O)N[C@@](C)(C(N)=O)c2cccc(Cl)c2)cn1. The molecule has 0 fully saturated rings. The van der Waals surface area contributed by atoms with Crippen LogP contribution < -0.4 is 11.1 Å². The predicted molar refractivity (Wildman–Crippen MR) is 82.2 cm³/mol. The molecular formula is C15H15ClN4O2. The van der Waals surface area contributed by atoms with Crippen molar-refractivity contribution in [2.24, 2.45) is 5.73 Å². The van der Waals surface area contributed by atoms with Crippen LogP contribution in [0.4, 0.5) is 0 Å². The first kappa shape index (κ1) is 15.9. The molecule has 0 spiro atoms. The van der Waals surface area contributed by atoms with E-state index < -0.39 is 17.4 Å². The zero-order valence-corrected chi connectivity index (χ0v) is 12.9. The molecule has 1 heterocycles. The molecule has 3 N–H and O–H groups in total. The topological polar surface area (TPSA) is 98.0 Å². The third kappa shape index (κ3) is 3.23. The van der Waals surface area contributed by atoms with Crippen molar-refractivity contribution in [2.45, 2.75) is 19.4 Å². The number of aromatic nitrogens is 2. The summed E-state index contributed by atoms with van der Waals surface area (Å²) >= 11 is 5.94. The van der Waals surface area contributed by atoms with Crippen molar-refractivity contribution in [3.63, 3.8) is 0 Å². The van der Waals surface area contributed by atoms with Gasteiger partial charge in [-0.2, -0.15) is 0 Å². The molecule has 0 unspecified atom stereocenters. The van der Waals surface area contributed by atoms with E-state index in [2.05, 4.69) is 15.3 Å². The summed E-state index contributed by atoms with van der Waals surface area (Å²) in [6, 6.07) is 6.58. The molecule has 1 aromatic heterocycles. The van der Waals surface area contributed by atoms with E-state index in [1.54, 1.807) is 31.2 Å². The van der Waals surface area contributed by atoms with Gasteiger partial charge in [0.05, 0.1) is 11.9 Å². The Labute approximate surface area is 132 Å². The molecule has 2 aromatic rings. The Morgan fingerprint density at radius 2 is 2.00 bits per heavy atom. The van der Waals surface area contributed by atoms with Gasteiger partial charge < -0.3 is 11.1 Å². The van der Waals surface area contributed by atoms with E-state index in [-0.39, 0.29) is 5.69 Å². The van der Waals surface area contributed by atoms with Gasteiger partial charge in [0.25, 0.3) is 5.91 Å². The van der Waals surface area contributed by atoms with Gasteiger partial charge in [-0.05, 0) is 31.5 Å². The fraction of sp³-hybridized carbons (Fsp3) is 0.200. The average molecular weight is 319 g/mol. The number of halogens is 1. The van der Waals surface area contributed by atoms with Crippen LogP contribution in [0.25, 0.3) is 0 Å². The molecule has 2 rings (SSSR count). The first-order valence-corrected chi connectivity index (χ1v) is 6.88. The summed E-state index contributed by atoms with van der Waals surface area (Å²) in [6.07, 6.45) is 2.81. The summed E-state index contributed by atoms with van der Waals surface area (Å²) in [5.41, 5.74) is 5.33. The van der Waals surface area contributed by atoms with Gasteiger partial charge >= 0.3 is 0 Å². The second-order valence-electron chi connectivity index (χ2n) is 5.00. The van der Waals surface area contributed by atoms with E-state index in [1.165, 1.54) is 19.3 Å². The van der Waals surface area contributed by atoms with Gasteiger partial charge in [-0.3, -0.25) is 14.6 Å². The van der Waals surface area contributed by atoms with E-state index >= 15 is 0 Å². The molecular weight excluding hydrogens is 304 g/mol. The molecule has 2 amide bonds. The van der Waals surface area contributed by atoms with Gasteiger partial charge in [0, 0.05) is 11.2 Å². The van der Waals surface area contributed by atoms with Crippen molar-refractivity contribution >= 4 is 23.4 Å². The first-order valence-electron chi connectivity index (χ1n) is 6.50. The summed E-state index contributed by atoms with van der Waals surface area (Å²) in [5, 5.41) is 3.04. The van der Waals surface area contributed by atoms with Crippen molar-refractivity contribution in [2.75, 3.05) is 0 Å². The van der Waals surface area contributed by atoms with Crippen LogP contribution in [0.15, 0.2) is 36.7 Å². The number of nitrogens with one attached hydrogen (secondary N) is 1. The molecule has 6 nitrogen and oxygen atoms in total. The Morgan fingerprint density at radius 1 is 1.27 bits per heavy atom. The molecule has 0 radical (unpaired) electrons. The lowest BCUT2D eigenvalue weighted by Gasteiger charge is -2.28. The number of benzene rings is 1. The van der Waals surface area contributed by atoms with Gasteiger partial charge in [0.15, 0.2) is 0 Å². The van der Waals surface area contributed by atoms with Crippen molar-refractivity contribution in [1.82, 2.24) is 15.3 Å². The molecule has 114 valence electrons. The molecule has 0 saturated carbocycles. The maximum Gasteiger partial charge on any atom is 0.272 e. The largest absolute Gasteiger partial charge is 0.367 e. The molecule has 0 aliphatic carbocycles. The monoisotopic (exact) mass is 318 g/mol. The fourth-order valence-electron chi connectivity index (χ4n) is 1.88. The number of amides is 2. The number of primary amides is 1. The van der Waals surface area contributed by atoms with Gasteiger partial charge in [-0.1, -0.05) is 23.7 Å². The number of aryl methyl sites for hydroxylation is 1. The van der Waals surface area contributed by atoms with E-state index in [9.17, 15) is 9.59 Å². The third-order valence-corrected chi connectivity index (χ3v) is 3.51. The highest BCUT2D eigenvalue weighted by molar-refractivity contribution is 6.30. The van der Waals surface area contributed by atoms with Gasteiger partial charge in [0.1, 0.15) is 11.2 Å². The van der Waals surface area contributed by atoms with E-state index in [0.717, 1.165) is 0 Å². The zero-order chi connectivity index (χ0) is 16.3. The molecule has 22 heavy (non-hydrogen) atoms. The number of nitrogens with two attached hydrogens (primary N) is 1. The number of hydrogen-bond acceptors (Lipinski definition) is 4. The fourth-order valence-corrected chi connectivity index (χ4v) is 2.07. The third-order valence-electron chi connectivity index (χ3n) is 3.27. The Hall–Kier alpha value is -2.47. The van der Waals surface area contributed by atoms with Crippen LogP contribution in [0.1, 0.15) is 28.7 Å². The van der Waals surface area contributed by atoms with Crippen LogP contribution in [-0.2, 0) is 10.3 Å². The smallest absolute Gasteiger partial charge is 0.272 e. The average Bonchev–Trinajstić information content (AvgIpc) is 2.47. The summed E-state index contributed by atoms with van der Waals surface area (Å²) in [6.45, 7) is 3.27. The number of nitrogens with zero attached hydrogens (tertiary/aromatic N) is 2. The predicted octanol–water partition coefficient (Wildman–Crippen LogP) is 1.57. The lowest BCUT2D eigenvalue weighted by atomic mass is 9.91. The van der Waals surface area contributed by atoms with E-state index in [0.29, 0.717) is 16.3 Å². The summed E-state index contributed by atoms with van der Waals surface area (Å²) in [4.78, 5) is 32.1. The number of carbonyl (C=O) groups is 2. The van der Waals surface area contributed by atoms with E-state index in [1.807, 2.05) is 0 Å². The maximum atomic E-state index is 12.3. The minimum Gasteiger partial charge on any atom is -0.367 e. The highest BCUT2D eigenvalue weighted by Gasteiger charge is 2.35. The van der Waals surface area contributed by atoms with E-state index in [4.69, 9.17) is 17.3 Å². The Morgan fingerprint density at radius 3 is 2.55 bits per heavy atom. The lowest BCUT2D eigenvalue weighted by Crippen LogP contribution is -2.52. The molecule has 0 aliphatic heterocycles. The standard InChI is InChI=1S/C15H15ClN4O2/c1-9-7-19-12(8-18-9)13(21)20-15(2,14(17)22)10-4-3-5-11(16)6-10/h3-8H,1-2H3,(H2,17,22)(H,20,21)/t15-/m1/s1. The highest BCUT2D eigenvalue weighted by Crippen LogP contribution is 2.23. The Balaban J connectivity index is 2.34. The summed E-state index contributed by atoms with van der Waals surface area (Å²) in [5.74, 6) is -1.25. The number of hydrogen-bond donors (Lipinski definition) is 2. The quantitative estimate of drug-likeness (QED) is 0.894. The van der Waals surface area contributed by atoms with Crippen molar-refractivity contribution in [1.29, 1.82) is 0 Å². The van der Waals surface area contributed by atoms with Crippen LogP contribution in [0.5, 0.6) is 0 Å². The molecule has 0 aliphatic rings. The van der Waals surface area contributed by atoms with Gasteiger partial charge in [0.2, 0.25) is 5.91 Å². The highest BCUT2D eigenvalue weighted by atomic mass is 35.5. The van der Waals surface area contributed by atoms with Crippen LogP contribution in [0.3, 0.4) is 0 Å². The van der Waals surface area contributed by atoms with Crippen molar-refractivity contribution < 1.29 is 9.59 Å². The normalized spacial score (nSPS) is 13.2. The van der Waals surface area contributed by atoms with Crippen molar-refractivity contribution in [3.05, 3.63) is 58.6 Å². The summed E-state index contributed by atoms with van der Waals surface area (Å²) < 4.78 is 0. The summed E-state index contributed by atoms with van der Waals surface area (Å²) in [7, 11) is 0. The minimum absolute atomic E-state index is 0.0973. The second kappa shape index (κ2) is 6.11. The van der Waals surface area contributed by atoms with Crippen molar-refractivity contribution in [3.8, 4) is 0 Å². The number of carbonyl (C=O) groups excluding carboxylic acids is 2.